The van der Waals surface area contributed by atoms with Crippen LogP contribution in [0.3, 0.4) is 0 Å². The van der Waals surface area contributed by atoms with Crippen molar-refractivity contribution in [1.29, 1.82) is 0 Å². The predicted octanol–water partition coefficient (Wildman–Crippen LogP) is 7.60. The molecule has 2 aliphatic rings. The number of amides is 1. The highest BCUT2D eigenvalue weighted by molar-refractivity contribution is 6.76. The van der Waals surface area contributed by atoms with Crippen LogP contribution in [0.25, 0.3) is 22.2 Å². The summed E-state index contributed by atoms with van der Waals surface area (Å²) in [6.45, 7) is 4.78. The number of likely N-dealkylation sites (tertiary alicyclic amines) is 1. The number of para-hydroxylation sites is 2. The normalized spacial score (nSPS) is 21.7. The first-order valence-electron chi connectivity index (χ1n) is 17.5. The molecule has 1 aromatic heterocycles. The Kier molecular flexibility index (Phi) is 11.1. The smallest absolute Gasteiger partial charge is 0.326 e. The lowest BCUT2D eigenvalue weighted by atomic mass is 9.89. The number of carbonyl (C=O) groups excluding carboxylic acids is 1. The number of nitrogens with one attached hydrogen (secondary N) is 2. The molecule has 2 aliphatic heterocycles. The zero-order chi connectivity index (χ0) is 36.4. The van der Waals surface area contributed by atoms with Crippen LogP contribution in [0.4, 0.5) is 0 Å². The number of nitrogens with zero attached hydrogens (tertiary/aromatic N) is 2. The van der Waals surface area contributed by atoms with Crippen molar-refractivity contribution in [1.82, 2.24) is 19.8 Å². The number of halogens is 3. The standard InChI is InChI=1S/C40H41Cl3N4O5/c1-25-35(23-46-18-16-32(17-19-46)47-34-11-3-2-10-33(34)45-39(47)50)51-37(52-36(25)28-14-12-26(24-48)13-15-28)31-9-5-8-30(21-31)29-7-4-6-27(20-29)22-44-38(49)40(41,42)43/h2-15,20-21,25,32,35-37,48H,16-19,22-24H2,1H3,(H,44,49)(H,45,50)/t25-,35+,36+,37+/m0/s1. The van der Waals surface area contributed by atoms with E-state index in [9.17, 15) is 14.7 Å². The van der Waals surface area contributed by atoms with Gasteiger partial charge in [-0.15, -0.1) is 0 Å². The highest BCUT2D eigenvalue weighted by Gasteiger charge is 2.40. The third kappa shape index (κ3) is 8.11. The molecule has 0 radical (unpaired) electrons. The molecule has 2 fully saturated rings. The number of aliphatic hydroxyl groups is 1. The molecule has 9 nitrogen and oxygen atoms in total. The number of rotatable bonds is 9. The number of benzene rings is 4. The Morgan fingerprint density at radius 3 is 2.33 bits per heavy atom. The van der Waals surface area contributed by atoms with E-state index in [2.05, 4.69) is 28.2 Å². The maximum absolute atomic E-state index is 12.9. The van der Waals surface area contributed by atoms with Gasteiger partial charge in [0.1, 0.15) is 0 Å². The fraction of sp³-hybridized carbons (Fsp3) is 0.350. The molecular formula is C40H41Cl3N4O5. The second-order valence-electron chi connectivity index (χ2n) is 13.7. The van der Waals surface area contributed by atoms with E-state index in [-0.39, 0.29) is 43.0 Å². The average molecular weight is 764 g/mol. The van der Waals surface area contributed by atoms with Crippen LogP contribution in [0.2, 0.25) is 0 Å². The quantitative estimate of drug-likeness (QED) is 0.134. The van der Waals surface area contributed by atoms with E-state index in [1.165, 1.54) is 0 Å². The highest BCUT2D eigenvalue weighted by Crippen LogP contribution is 2.43. The molecule has 0 saturated carbocycles. The van der Waals surface area contributed by atoms with Gasteiger partial charge in [0.25, 0.3) is 9.70 Å². The van der Waals surface area contributed by atoms with Crippen LogP contribution in [0.5, 0.6) is 0 Å². The second-order valence-corrected chi connectivity index (χ2v) is 16.0. The van der Waals surface area contributed by atoms with Crippen molar-refractivity contribution in [2.24, 2.45) is 5.92 Å². The molecule has 1 amide bonds. The molecule has 4 aromatic carbocycles. The molecule has 7 rings (SSSR count). The number of carbonyl (C=O) groups is 1. The summed E-state index contributed by atoms with van der Waals surface area (Å²) in [4.78, 5) is 30.4. The number of aromatic nitrogens is 2. The van der Waals surface area contributed by atoms with E-state index in [4.69, 9.17) is 44.3 Å². The number of H-pyrrole nitrogens is 1. The zero-order valence-corrected chi connectivity index (χ0v) is 31.0. The lowest BCUT2D eigenvalue weighted by Crippen LogP contribution is -2.47. The van der Waals surface area contributed by atoms with Gasteiger partial charge in [0.15, 0.2) is 6.29 Å². The molecule has 4 atom stereocenters. The number of aliphatic hydroxyl groups excluding tert-OH is 1. The average Bonchev–Trinajstić information content (AvgIpc) is 3.50. The molecule has 0 bridgehead atoms. The predicted molar refractivity (Wildman–Crippen MR) is 204 cm³/mol. The van der Waals surface area contributed by atoms with Crippen LogP contribution in [0.15, 0.2) is 102 Å². The van der Waals surface area contributed by atoms with Gasteiger partial charge in [-0.05, 0) is 64.9 Å². The van der Waals surface area contributed by atoms with Crippen LogP contribution in [0, 0.1) is 5.92 Å². The summed E-state index contributed by atoms with van der Waals surface area (Å²) in [5, 5.41) is 12.3. The molecule has 0 spiro atoms. The van der Waals surface area contributed by atoms with Crippen molar-refractivity contribution >= 4 is 51.7 Å². The zero-order valence-electron chi connectivity index (χ0n) is 28.7. The van der Waals surface area contributed by atoms with E-state index in [0.29, 0.717) is 0 Å². The number of hydrogen-bond acceptors (Lipinski definition) is 6. The number of fused-ring (bicyclic) bond motifs is 1. The molecule has 12 heteroatoms. The van der Waals surface area contributed by atoms with Crippen LogP contribution in [-0.4, -0.2) is 55.0 Å². The number of hydrogen-bond donors (Lipinski definition) is 3. The number of piperidine rings is 1. The summed E-state index contributed by atoms with van der Waals surface area (Å²) >= 11 is 17.2. The lowest BCUT2D eigenvalue weighted by Gasteiger charge is -2.44. The molecule has 0 unspecified atom stereocenters. The molecule has 2 saturated heterocycles. The Balaban J connectivity index is 1.10. The van der Waals surface area contributed by atoms with Gasteiger partial charge in [-0.3, -0.25) is 9.36 Å². The Morgan fingerprint density at radius 2 is 1.60 bits per heavy atom. The van der Waals surface area contributed by atoms with Crippen LogP contribution >= 0.6 is 34.8 Å². The minimum atomic E-state index is -2.03. The molecule has 5 aromatic rings. The maximum atomic E-state index is 12.9. The van der Waals surface area contributed by atoms with Gasteiger partial charge in [-0.1, -0.05) is 115 Å². The first-order chi connectivity index (χ1) is 25.1. The van der Waals surface area contributed by atoms with Gasteiger partial charge in [-0.2, -0.15) is 0 Å². The third-order valence-electron chi connectivity index (χ3n) is 10.2. The fourth-order valence-electron chi connectivity index (χ4n) is 7.39. The Labute approximate surface area is 317 Å². The molecule has 272 valence electrons. The van der Waals surface area contributed by atoms with Crippen molar-refractivity contribution in [3.05, 3.63) is 130 Å². The fourth-order valence-corrected chi connectivity index (χ4v) is 7.59. The summed E-state index contributed by atoms with van der Waals surface area (Å²) < 4.78 is 13.5. The number of aromatic amines is 1. The van der Waals surface area contributed by atoms with E-state index < -0.39 is 16.0 Å². The minimum absolute atomic E-state index is 0.0242. The van der Waals surface area contributed by atoms with Gasteiger partial charge >= 0.3 is 5.69 Å². The van der Waals surface area contributed by atoms with Crippen LogP contribution in [0.1, 0.15) is 60.5 Å². The van der Waals surface area contributed by atoms with Crippen molar-refractivity contribution in [3.8, 4) is 11.1 Å². The third-order valence-corrected chi connectivity index (χ3v) is 10.8. The Hall–Kier alpha value is -3.67. The molecule has 3 N–H and O–H groups in total. The van der Waals surface area contributed by atoms with Crippen LogP contribution < -0.4 is 11.0 Å². The molecular weight excluding hydrogens is 723 g/mol. The van der Waals surface area contributed by atoms with Gasteiger partial charge in [0, 0.05) is 43.7 Å². The minimum Gasteiger partial charge on any atom is -0.392 e. The van der Waals surface area contributed by atoms with E-state index >= 15 is 0 Å². The first-order valence-corrected chi connectivity index (χ1v) is 18.7. The van der Waals surface area contributed by atoms with Crippen molar-refractivity contribution in [3.63, 3.8) is 0 Å². The SMILES string of the molecule is C[C@H]1[C@@H](CN2CCC(n3c(=O)[nH]c4ccccc43)CC2)O[C@@H](c2cccc(-c3cccc(CNC(=O)C(Cl)(Cl)Cl)c3)c2)O[C@H]1c1ccc(CO)cc1. The first kappa shape index (κ1) is 36.7. The van der Waals surface area contributed by atoms with Crippen molar-refractivity contribution < 1.29 is 19.4 Å². The van der Waals surface area contributed by atoms with Gasteiger partial charge in [0.05, 0.1) is 29.8 Å². The molecule has 52 heavy (non-hydrogen) atoms. The van der Waals surface area contributed by atoms with E-state index in [1.807, 2.05) is 95.6 Å². The van der Waals surface area contributed by atoms with Crippen molar-refractivity contribution in [2.45, 2.75) is 61.2 Å². The Bertz CT molecular complexity index is 2070. The number of alkyl halides is 3. The summed E-state index contributed by atoms with van der Waals surface area (Å²) in [6.07, 6.45) is 0.723. The topological polar surface area (TPSA) is 109 Å². The number of ether oxygens (including phenoxy) is 2. The molecule has 3 heterocycles. The number of imidazole rings is 1. The van der Waals surface area contributed by atoms with Crippen LogP contribution in [-0.2, 0) is 27.4 Å². The summed E-state index contributed by atoms with van der Waals surface area (Å²) in [5.41, 5.74) is 7.30. The van der Waals surface area contributed by atoms with Gasteiger partial charge in [0.2, 0.25) is 0 Å². The molecule has 0 aliphatic carbocycles. The van der Waals surface area contributed by atoms with Gasteiger partial charge in [-0.25, -0.2) is 4.79 Å². The monoisotopic (exact) mass is 762 g/mol. The summed E-state index contributed by atoms with van der Waals surface area (Å²) in [7, 11) is 0. The summed E-state index contributed by atoms with van der Waals surface area (Å²) in [6, 6.07) is 31.9. The Morgan fingerprint density at radius 1 is 0.885 bits per heavy atom. The largest absolute Gasteiger partial charge is 0.392 e. The van der Waals surface area contributed by atoms with E-state index in [1.54, 1.807) is 0 Å². The second kappa shape index (κ2) is 15.7. The van der Waals surface area contributed by atoms with Crippen molar-refractivity contribution in [2.75, 3.05) is 19.6 Å². The van der Waals surface area contributed by atoms with Gasteiger partial charge < -0.3 is 29.8 Å². The highest BCUT2D eigenvalue weighted by atomic mass is 35.6. The summed E-state index contributed by atoms with van der Waals surface area (Å²) in [5.74, 6) is -0.650. The maximum Gasteiger partial charge on any atom is 0.326 e. The van der Waals surface area contributed by atoms with E-state index in [0.717, 1.165) is 76.9 Å². The lowest BCUT2D eigenvalue weighted by molar-refractivity contribution is -0.276.